The van der Waals surface area contributed by atoms with Crippen LogP contribution in [0.1, 0.15) is 39.5 Å². The average molecular weight is 266 g/mol. The molecule has 4 heteroatoms. The highest BCUT2D eigenvalue weighted by Gasteiger charge is 2.52. The molecule has 106 valence electrons. The third-order valence-electron chi connectivity index (χ3n) is 4.21. The van der Waals surface area contributed by atoms with E-state index in [-0.39, 0.29) is 18.2 Å². The molecule has 0 aromatic heterocycles. The minimum Gasteiger partial charge on any atom is -0.462 e. The molecule has 3 aliphatic rings. The van der Waals surface area contributed by atoms with Gasteiger partial charge in [-0.3, -0.25) is 4.79 Å². The summed E-state index contributed by atoms with van der Waals surface area (Å²) in [5.41, 5.74) is 0. The molecule has 1 saturated heterocycles. The van der Waals surface area contributed by atoms with E-state index in [1.807, 2.05) is 13.8 Å². The molecule has 1 aliphatic carbocycles. The number of ether oxygens (including phenoxy) is 3. The predicted octanol–water partition coefficient (Wildman–Crippen LogP) is 2.43. The van der Waals surface area contributed by atoms with E-state index in [1.165, 1.54) is 0 Å². The Morgan fingerprint density at radius 3 is 2.74 bits per heavy atom. The lowest BCUT2D eigenvalue weighted by atomic mass is 10.1. The van der Waals surface area contributed by atoms with E-state index in [9.17, 15) is 4.79 Å². The summed E-state index contributed by atoms with van der Waals surface area (Å²) < 4.78 is 17.1. The van der Waals surface area contributed by atoms with Crippen LogP contribution in [0.15, 0.2) is 12.2 Å². The zero-order chi connectivity index (χ0) is 13.5. The minimum absolute atomic E-state index is 0.0290. The molecule has 4 atom stereocenters. The number of hydrogen-bond acceptors (Lipinski definition) is 4. The molecule has 2 aliphatic heterocycles. The van der Waals surface area contributed by atoms with Gasteiger partial charge in [-0.15, -0.1) is 0 Å². The summed E-state index contributed by atoms with van der Waals surface area (Å²) in [4.78, 5) is 11.6. The van der Waals surface area contributed by atoms with Crippen LogP contribution in [-0.4, -0.2) is 30.6 Å². The summed E-state index contributed by atoms with van der Waals surface area (Å²) in [5.74, 6) is 0.389. The Labute approximate surface area is 114 Å². The molecule has 0 N–H and O–H groups in total. The van der Waals surface area contributed by atoms with Crippen LogP contribution in [0, 0.1) is 11.8 Å². The van der Waals surface area contributed by atoms with Gasteiger partial charge in [-0.05, 0) is 32.6 Å². The second-order valence-electron chi connectivity index (χ2n) is 6.20. The molecule has 2 heterocycles. The molecule has 0 radical (unpaired) electrons. The number of esters is 1. The van der Waals surface area contributed by atoms with Crippen LogP contribution in [0.25, 0.3) is 0 Å². The summed E-state index contributed by atoms with van der Waals surface area (Å²) in [6, 6.07) is 0. The number of cyclic esters (lactones) is 1. The van der Waals surface area contributed by atoms with E-state index in [2.05, 4.69) is 12.2 Å². The maximum atomic E-state index is 11.6. The first-order chi connectivity index (χ1) is 9.05. The summed E-state index contributed by atoms with van der Waals surface area (Å²) in [7, 11) is 0. The van der Waals surface area contributed by atoms with Crippen LogP contribution in [-0.2, 0) is 19.0 Å². The largest absolute Gasteiger partial charge is 0.462 e. The fourth-order valence-corrected chi connectivity index (χ4v) is 3.10. The smallest absolute Gasteiger partial charge is 0.306 e. The Hall–Kier alpha value is -0.870. The van der Waals surface area contributed by atoms with Gasteiger partial charge < -0.3 is 14.2 Å². The lowest BCUT2D eigenvalue weighted by Gasteiger charge is -2.20. The van der Waals surface area contributed by atoms with Crippen molar-refractivity contribution in [3.63, 3.8) is 0 Å². The third-order valence-corrected chi connectivity index (χ3v) is 4.21. The highest BCUT2D eigenvalue weighted by atomic mass is 16.7. The monoisotopic (exact) mass is 266 g/mol. The quantitative estimate of drug-likeness (QED) is 0.569. The van der Waals surface area contributed by atoms with E-state index < -0.39 is 5.79 Å². The zero-order valence-corrected chi connectivity index (χ0v) is 11.6. The van der Waals surface area contributed by atoms with Crippen LogP contribution >= 0.6 is 0 Å². The highest BCUT2D eigenvalue weighted by Crippen LogP contribution is 2.49. The van der Waals surface area contributed by atoms with Crippen LogP contribution < -0.4 is 0 Å². The van der Waals surface area contributed by atoms with Gasteiger partial charge in [-0.1, -0.05) is 12.2 Å². The van der Waals surface area contributed by atoms with Gasteiger partial charge in [-0.2, -0.15) is 0 Å². The second kappa shape index (κ2) is 4.91. The van der Waals surface area contributed by atoms with Crippen molar-refractivity contribution in [3.8, 4) is 0 Å². The van der Waals surface area contributed by atoms with Gasteiger partial charge >= 0.3 is 5.97 Å². The molecule has 0 aromatic carbocycles. The first-order valence-electron chi connectivity index (χ1n) is 7.21. The Morgan fingerprint density at radius 1 is 1.21 bits per heavy atom. The maximum absolute atomic E-state index is 11.6. The molecule has 0 spiro atoms. The first-order valence-corrected chi connectivity index (χ1v) is 7.21. The Kier molecular flexibility index (Phi) is 3.39. The van der Waals surface area contributed by atoms with Crippen molar-refractivity contribution in [1.82, 2.24) is 0 Å². The van der Waals surface area contributed by atoms with E-state index in [0.29, 0.717) is 24.9 Å². The molecule has 0 aromatic rings. The number of hydrogen-bond donors (Lipinski definition) is 0. The van der Waals surface area contributed by atoms with Crippen molar-refractivity contribution in [2.45, 2.75) is 57.5 Å². The fourth-order valence-electron chi connectivity index (χ4n) is 3.10. The number of carbonyl (C=O) groups is 1. The van der Waals surface area contributed by atoms with Gasteiger partial charge in [0.2, 0.25) is 0 Å². The SMILES string of the molecule is CC1(C)OC[C@H]([C@@H]2C[C@H]2[C@H]2C/C=C\CCC(=O)O2)O1. The van der Waals surface area contributed by atoms with Crippen LogP contribution in [0.5, 0.6) is 0 Å². The van der Waals surface area contributed by atoms with Crippen LogP contribution in [0.3, 0.4) is 0 Å². The lowest BCUT2D eigenvalue weighted by molar-refractivity contribution is -0.152. The molecule has 2 fully saturated rings. The molecule has 3 rings (SSSR count). The van der Waals surface area contributed by atoms with Crippen molar-refractivity contribution >= 4 is 5.97 Å². The summed E-state index contributed by atoms with van der Waals surface area (Å²) in [5, 5.41) is 0. The standard InChI is InChI=1S/C15H22O4/c1-15(2)17-9-13(19-15)11-8-10(11)12-6-4-3-5-7-14(16)18-12/h3-4,10-13H,5-9H2,1-2H3/b4-3-/t10-,11-,12-,13-/m1/s1. The Balaban J connectivity index is 1.58. The van der Waals surface area contributed by atoms with Crippen molar-refractivity contribution in [1.29, 1.82) is 0 Å². The molecule has 1 saturated carbocycles. The van der Waals surface area contributed by atoms with Crippen molar-refractivity contribution in [2.24, 2.45) is 11.8 Å². The molecule has 0 amide bonds. The van der Waals surface area contributed by atoms with E-state index in [1.54, 1.807) is 0 Å². The third kappa shape index (κ3) is 3.00. The molecule has 0 bridgehead atoms. The number of rotatable bonds is 2. The topological polar surface area (TPSA) is 44.8 Å². The van der Waals surface area contributed by atoms with E-state index in [4.69, 9.17) is 14.2 Å². The zero-order valence-electron chi connectivity index (χ0n) is 11.6. The van der Waals surface area contributed by atoms with Crippen molar-refractivity contribution in [2.75, 3.05) is 6.61 Å². The molecule has 0 unspecified atom stereocenters. The molecular formula is C15H22O4. The van der Waals surface area contributed by atoms with Crippen LogP contribution in [0.2, 0.25) is 0 Å². The normalized spacial score (nSPS) is 43.2. The first kappa shape index (κ1) is 13.1. The Bertz CT molecular complexity index is 388. The number of carbonyl (C=O) groups excluding carboxylic acids is 1. The van der Waals surface area contributed by atoms with Gasteiger partial charge in [0.25, 0.3) is 0 Å². The summed E-state index contributed by atoms with van der Waals surface area (Å²) >= 11 is 0. The van der Waals surface area contributed by atoms with Crippen LogP contribution in [0.4, 0.5) is 0 Å². The van der Waals surface area contributed by atoms with Gasteiger partial charge in [0.15, 0.2) is 5.79 Å². The van der Waals surface area contributed by atoms with Crippen molar-refractivity contribution < 1.29 is 19.0 Å². The minimum atomic E-state index is -0.463. The molecule has 4 nitrogen and oxygen atoms in total. The fraction of sp³-hybridized carbons (Fsp3) is 0.800. The van der Waals surface area contributed by atoms with Gasteiger partial charge in [0.1, 0.15) is 6.10 Å². The van der Waals surface area contributed by atoms with E-state index >= 15 is 0 Å². The lowest BCUT2D eigenvalue weighted by Crippen LogP contribution is -2.26. The summed E-state index contributed by atoms with van der Waals surface area (Å²) in [6.45, 7) is 4.55. The number of allylic oxidation sites excluding steroid dienone is 1. The van der Waals surface area contributed by atoms with E-state index in [0.717, 1.165) is 19.3 Å². The highest BCUT2D eigenvalue weighted by molar-refractivity contribution is 5.70. The Morgan fingerprint density at radius 2 is 2.00 bits per heavy atom. The van der Waals surface area contributed by atoms with Crippen molar-refractivity contribution in [3.05, 3.63) is 12.2 Å². The van der Waals surface area contributed by atoms with Gasteiger partial charge in [-0.25, -0.2) is 0 Å². The molecular weight excluding hydrogens is 244 g/mol. The average Bonchev–Trinajstić information content (AvgIpc) is 3.02. The predicted molar refractivity (Wildman–Crippen MR) is 69.4 cm³/mol. The van der Waals surface area contributed by atoms with Gasteiger partial charge in [0.05, 0.1) is 12.7 Å². The maximum Gasteiger partial charge on any atom is 0.306 e. The van der Waals surface area contributed by atoms with Gasteiger partial charge in [0, 0.05) is 18.8 Å². The molecule has 19 heavy (non-hydrogen) atoms. The second-order valence-corrected chi connectivity index (χ2v) is 6.20. The summed E-state index contributed by atoms with van der Waals surface area (Å²) in [6.07, 6.45) is 7.63.